The number of ether oxygens (including phenoxy) is 1. The lowest BCUT2D eigenvalue weighted by atomic mass is 10.0. The number of sulfonamides is 1. The Morgan fingerprint density at radius 3 is 2.58 bits per heavy atom. The number of rotatable bonds is 7. The number of thiophene rings is 1. The van der Waals surface area contributed by atoms with Gasteiger partial charge >= 0.3 is 6.09 Å². The molecule has 3 heterocycles. The number of carbonyl (C=O) groups excluding carboxylic acids is 2. The van der Waals surface area contributed by atoms with Crippen LogP contribution in [0.2, 0.25) is 0 Å². The Labute approximate surface area is 257 Å². The van der Waals surface area contributed by atoms with Crippen molar-refractivity contribution in [1.29, 1.82) is 0 Å². The number of hydrogen-bond donors (Lipinski definition) is 2. The van der Waals surface area contributed by atoms with Crippen LogP contribution in [0.15, 0.2) is 77.7 Å². The molecule has 2 aromatic heterocycles. The maximum Gasteiger partial charge on any atom is 0.410 e. The van der Waals surface area contributed by atoms with Crippen molar-refractivity contribution in [3.63, 3.8) is 0 Å². The van der Waals surface area contributed by atoms with Crippen molar-refractivity contribution in [2.75, 3.05) is 23.2 Å². The Bertz CT molecular complexity index is 1910. The number of aryl methyl sites for hydroxylation is 1. The van der Waals surface area contributed by atoms with E-state index in [-0.39, 0.29) is 22.6 Å². The van der Waals surface area contributed by atoms with Crippen LogP contribution in [0.5, 0.6) is 0 Å². The molecule has 1 aliphatic heterocycles. The number of amides is 2. The molecule has 220 valence electrons. The maximum atomic E-state index is 13.6. The third-order valence-electron chi connectivity index (χ3n) is 7.03. The van der Waals surface area contributed by atoms with E-state index in [0.717, 1.165) is 36.8 Å². The highest BCUT2D eigenvalue weighted by molar-refractivity contribution is 7.92. The molecule has 0 radical (unpaired) electrons. The number of thiazole rings is 1. The molecule has 2 N–H and O–H groups in total. The molecule has 1 aliphatic rings. The Morgan fingerprint density at radius 2 is 1.81 bits per heavy atom. The van der Waals surface area contributed by atoms with E-state index in [0.29, 0.717) is 36.7 Å². The van der Waals surface area contributed by atoms with E-state index in [4.69, 9.17) is 9.72 Å². The predicted molar refractivity (Wildman–Crippen MR) is 170 cm³/mol. The van der Waals surface area contributed by atoms with Crippen molar-refractivity contribution in [2.24, 2.45) is 0 Å². The van der Waals surface area contributed by atoms with E-state index in [1.807, 2.05) is 31.2 Å². The molecule has 0 aliphatic carbocycles. The molecule has 5 aromatic rings. The first-order valence-electron chi connectivity index (χ1n) is 13.6. The molecule has 12 heteroatoms. The summed E-state index contributed by atoms with van der Waals surface area (Å²) in [4.78, 5) is 33.7. The van der Waals surface area contributed by atoms with Crippen LogP contribution >= 0.6 is 22.7 Å². The average Bonchev–Trinajstić information content (AvgIpc) is 3.57. The SMILES string of the molecule is CCOC(=O)N1CCc2c(sc(NC(=O)c3cccc(NS(=O)(=O)c4ccc(C)cc4)c3)c2-c2nc3ccccc3s2)C1. The fourth-order valence-electron chi connectivity index (χ4n) is 4.90. The monoisotopic (exact) mass is 632 g/mol. The standard InChI is InChI=1S/C31H28N4O5S3/c1-3-40-31(37)35-16-15-23-26(18-35)42-30(27(23)29-32-24-9-4-5-10-25(24)41-29)33-28(36)20-7-6-8-21(17-20)34-43(38,39)22-13-11-19(2)12-14-22/h4-14,17,34H,3,15-16,18H2,1-2H3,(H,33,36). The van der Waals surface area contributed by atoms with Gasteiger partial charge in [-0.2, -0.15) is 0 Å². The van der Waals surface area contributed by atoms with Crippen molar-refractivity contribution in [3.05, 3.63) is 94.4 Å². The molecule has 6 rings (SSSR count). The van der Waals surface area contributed by atoms with Crippen LogP contribution in [0, 0.1) is 6.92 Å². The number of hydrogen-bond acceptors (Lipinski definition) is 8. The van der Waals surface area contributed by atoms with Crippen molar-refractivity contribution in [2.45, 2.75) is 31.7 Å². The Hall–Kier alpha value is -4.26. The van der Waals surface area contributed by atoms with E-state index < -0.39 is 10.0 Å². The minimum absolute atomic E-state index is 0.134. The number of aromatic nitrogens is 1. The van der Waals surface area contributed by atoms with Gasteiger partial charge in [0.05, 0.1) is 28.3 Å². The zero-order valence-corrected chi connectivity index (χ0v) is 25.9. The molecule has 9 nitrogen and oxygen atoms in total. The van der Waals surface area contributed by atoms with Gasteiger partial charge in [-0.05, 0) is 68.3 Å². The highest BCUT2D eigenvalue weighted by atomic mass is 32.2. The fourth-order valence-corrected chi connectivity index (χ4v) is 8.32. The highest BCUT2D eigenvalue weighted by Gasteiger charge is 2.30. The molecule has 43 heavy (non-hydrogen) atoms. The minimum Gasteiger partial charge on any atom is -0.450 e. The van der Waals surface area contributed by atoms with Crippen LogP contribution in [0.1, 0.15) is 33.3 Å². The third kappa shape index (κ3) is 5.99. The van der Waals surface area contributed by atoms with Crippen molar-refractivity contribution in [1.82, 2.24) is 9.88 Å². The third-order valence-corrected chi connectivity index (χ3v) is 10.6. The number of para-hydroxylation sites is 1. The second-order valence-electron chi connectivity index (χ2n) is 10.0. The van der Waals surface area contributed by atoms with E-state index in [1.54, 1.807) is 65.6 Å². The molecular weight excluding hydrogens is 605 g/mol. The number of nitrogens with one attached hydrogen (secondary N) is 2. The smallest absolute Gasteiger partial charge is 0.410 e. The molecule has 0 atom stereocenters. The molecule has 2 amide bonds. The summed E-state index contributed by atoms with van der Waals surface area (Å²) in [6, 6.07) is 20.8. The molecule has 0 bridgehead atoms. The quantitative estimate of drug-likeness (QED) is 0.202. The summed E-state index contributed by atoms with van der Waals surface area (Å²) in [6.07, 6.45) is 0.237. The van der Waals surface area contributed by atoms with Crippen LogP contribution in [0.25, 0.3) is 20.8 Å². The number of anilines is 2. The summed E-state index contributed by atoms with van der Waals surface area (Å²) < 4.78 is 34.7. The first-order chi connectivity index (χ1) is 20.7. The molecule has 3 aromatic carbocycles. The van der Waals surface area contributed by atoms with Gasteiger partial charge in [0, 0.05) is 28.2 Å². The topological polar surface area (TPSA) is 118 Å². The van der Waals surface area contributed by atoms with Crippen molar-refractivity contribution in [3.8, 4) is 10.6 Å². The van der Waals surface area contributed by atoms with Gasteiger partial charge < -0.3 is 15.0 Å². The summed E-state index contributed by atoms with van der Waals surface area (Å²) in [5.41, 5.74) is 4.30. The average molecular weight is 633 g/mol. The van der Waals surface area contributed by atoms with Crippen molar-refractivity contribution < 1.29 is 22.7 Å². The van der Waals surface area contributed by atoms with Crippen molar-refractivity contribution >= 4 is 65.6 Å². The Morgan fingerprint density at radius 1 is 1.02 bits per heavy atom. The second kappa shape index (κ2) is 11.8. The predicted octanol–water partition coefficient (Wildman–Crippen LogP) is 6.90. The Balaban J connectivity index is 1.31. The zero-order valence-electron chi connectivity index (χ0n) is 23.4. The molecular formula is C31H28N4O5S3. The van der Waals surface area contributed by atoms with E-state index in [1.165, 1.54) is 17.4 Å². The normalized spacial score (nSPS) is 13.0. The van der Waals surface area contributed by atoms with Gasteiger partial charge in [0.15, 0.2) is 0 Å². The number of nitrogens with zero attached hydrogens (tertiary/aromatic N) is 2. The van der Waals surface area contributed by atoms with Gasteiger partial charge in [0.25, 0.3) is 15.9 Å². The number of benzene rings is 3. The lowest BCUT2D eigenvalue weighted by Crippen LogP contribution is -2.35. The van der Waals surface area contributed by atoms with Gasteiger partial charge in [0.1, 0.15) is 10.0 Å². The maximum absolute atomic E-state index is 13.6. The van der Waals surface area contributed by atoms with Gasteiger partial charge in [0.2, 0.25) is 0 Å². The summed E-state index contributed by atoms with van der Waals surface area (Å²) in [5, 5.41) is 4.48. The number of fused-ring (bicyclic) bond motifs is 2. The largest absolute Gasteiger partial charge is 0.450 e. The molecule has 0 saturated carbocycles. The van der Waals surface area contributed by atoms with Gasteiger partial charge in [-0.15, -0.1) is 22.7 Å². The van der Waals surface area contributed by atoms with Gasteiger partial charge in [-0.3, -0.25) is 9.52 Å². The molecule has 0 unspecified atom stereocenters. The summed E-state index contributed by atoms with van der Waals surface area (Å²) in [5.74, 6) is -0.389. The molecule has 0 fully saturated rings. The molecule has 0 saturated heterocycles. The van der Waals surface area contributed by atoms with Crippen LogP contribution in [0.3, 0.4) is 0 Å². The highest BCUT2D eigenvalue weighted by Crippen LogP contribution is 2.46. The van der Waals surface area contributed by atoms with Crippen LogP contribution in [-0.4, -0.2) is 43.5 Å². The van der Waals surface area contributed by atoms with E-state index in [9.17, 15) is 18.0 Å². The second-order valence-corrected chi connectivity index (χ2v) is 13.8. The van der Waals surface area contributed by atoms with Crippen LogP contribution in [0.4, 0.5) is 15.5 Å². The minimum atomic E-state index is -3.83. The lowest BCUT2D eigenvalue weighted by molar-refractivity contribution is 0.102. The van der Waals surface area contributed by atoms with Gasteiger partial charge in [-0.25, -0.2) is 18.2 Å². The van der Waals surface area contributed by atoms with Gasteiger partial charge in [-0.1, -0.05) is 35.9 Å². The molecule has 0 spiro atoms. The summed E-state index contributed by atoms with van der Waals surface area (Å²) in [7, 11) is -3.83. The van der Waals surface area contributed by atoms with E-state index >= 15 is 0 Å². The first-order valence-corrected chi connectivity index (χ1v) is 16.8. The zero-order chi connectivity index (χ0) is 30.1. The lowest BCUT2D eigenvalue weighted by Gasteiger charge is -2.26. The fraction of sp³-hybridized carbons (Fsp3) is 0.194. The van der Waals surface area contributed by atoms with Crippen LogP contribution in [-0.2, 0) is 27.7 Å². The Kier molecular flexibility index (Phi) is 7.91. The first kappa shape index (κ1) is 28.8. The summed E-state index contributed by atoms with van der Waals surface area (Å²) in [6.45, 7) is 4.83. The van der Waals surface area contributed by atoms with Crippen LogP contribution < -0.4 is 10.0 Å². The summed E-state index contributed by atoms with van der Waals surface area (Å²) >= 11 is 2.97. The van der Waals surface area contributed by atoms with E-state index in [2.05, 4.69) is 10.0 Å². The number of carbonyl (C=O) groups is 2.